The topological polar surface area (TPSA) is 35.5 Å². The van der Waals surface area contributed by atoms with Crippen molar-refractivity contribution in [1.82, 2.24) is 0 Å². The molecule has 0 amide bonds. The van der Waals surface area contributed by atoms with E-state index in [1.807, 2.05) is 0 Å². The van der Waals surface area contributed by atoms with E-state index in [9.17, 15) is 4.79 Å². The lowest BCUT2D eigenvalue weighted by Crippen LogP contribution is -2.30. The zero-order valence-corrected chi connectivity index (χ0v) is 8.91. The summed E-state index contributed by atoms with van der Waals surface area (Å²) in [5.41, 5.74) is 1.28. The predicted molar refractivity (Wildman–Crippen MR) is 54.0 cm³/mol. The van der Waals surface area contributed by atoms with E-state index in [-0.39, 0.29) is 0 Å². The molecular weight excluding hydrogens is 180 g/mol. The normalized spacial score (nSPS) is 19.3. The van der Waals surface area contributed by atoms with Crippen LogP contribution in [-0.2, 0) is 14.3 Å². The van der Waals surface area contributed by atoms with Crippen LogP contribution in [0.25, 0.3) is 0 Å². The summed E-state index contributed by atoms with van der Waals surface area (Å²) >= 11 is 0. The SMILES string of the molecule is CC(C)=CCCC1(CC=O)OCCO1. The first-order valence-corrected chi connectivity index (χ1v) is 5.03. The molecule has 1 rings (SSSR count). The summed E-state index contributed by atoms with van der Waals surface area (Å²) in [5.74, 6) is -0.631. The van der Waals surface area contributed by atoms with E-state index in [2.05, 4.69) is 19.9 Å². The van der Waals surface area contributed by atoms with E-state index < -0.39 is 5.79 Å². The molecule has 80 valence electrons. The summed E-state index contributed by atoms with van der Waals surface area (Å²) in [4.78, 5) is 10.5. The molecule has 0 atom stereocenters. The fraction of sp³-hybridized carbons (Fsp3) is 0.727. The Morgan fingerprint density at radius 3 is 2.50 bits per heavy atom. The fourth-order valence-electron chi connectivity index (χ4n) is 1.57. The average molecular weight is 198 g/mol. The van der Waals surface area contributed by atoms with E-state index >= 15 is 0 Å². The van der Waals surface area contributed by atoms with E-state index in [0.29, 0.717) is 19.6 Å². The maximum absolute atomic E-state index is 10.5. The molecule has 3 nitrogen and oxygen atoms in total. The van der Waals surface area contributed by atoms with Gasteiger partial charge in [-0.2, -0.15) is 0 Å². The van der Waals surface area contributed by atoms with E-state index in [1.54, 1.807) is 0 Å². The molecule has 0 spiro atoms. The molecule has 0 saturated carbocycles. The zero-order chi connectivity index (χ0) is 10.4. The van der Waals surface area contributed by atoms with Crippen LogP contribution in [0, 0.1) is 0 Å². The number of hydrogen-bond acceptors (Lipinski definition) is 3. The third-order valence-electron chi connectivity index (χ3n) is 2.29. The summed E-state index contributed by atoms with van der Waals surface area (Å²) in [5, 5.41) is 0. The molecule has 14 heavy (non-hydrogen) atoms. The van der Waals surface area contributed by atoms with Crippen LogP contribution in [-0.4, -0.2) is 25.3 Å². The Kier molecular flexibility index (Phi) is 4.29. The van der Waals surface area contributed by atoms with Gasteiger partial charge in [0.2, 0.25) is 0 Å². The lowest BCUT2D eigenvalue weighted by atomic mass is 10.1. The van der Waals surface area contributed by atoms with Crippen molar-refractivity contribution in [2.75, 3.05) is 13.2 Å². The van der Waals surface area contributed by atoms with Crippen LogP contribution in [0.4, 0.5) is 0 Å². The van der Waals surface area contributed by atoms with E-state index in [0.717, 1.165) is 19.1 Å². The standard InChI is InChI=1S/C11H18O3/c1-10(2)4-3-5-11(6-7-12)13-8-9-14-11/h4,7H,3,5-6,8-9H2,1-2H3. The van der Waals surface area contributed by atoms with Gasteiger partial charge in [-0.3, -0.25) is 0 Å². The first kappa shape index (κ1) is 11.4. The van der Waals surface area contributed by atoms with Gasteiger partial charge in [-0.1, -0.05) is 11.6 Å². The van der Waals surface area contributed by atoms with Crippen molar-refractivity contribution in [2.24, 2.45) is 0 Å². The van der Waals surface area contributed by atoms with Crippen molar-refractivity contribution in [3.8, 4) is 0 Å². The highest BCUT2D eigenvalue weighted by Gasteiger charge is 2.35. The maximum atomic E-state index is 10.5. The molecule has 0 radical (unpaired) electrons. The van der Waals surface area contributed by atoms with Crippen LogP contribution in [0.5, 0.6) is 0 Å². The van der Waals surface area contributed by atoms with Crippen LogP contribution < -0.4 is 0 Å². The van der Waals surface area contributed by atoms with Crippen LogP contribution in [0.1, 0.15) is 33.1 Å². The Bertz CT molecular complexity index is 211. The average Bonchev–Trinajstić information content (AvgIpc) is 2.53. The highest BCUT2D eigenvalue weighted by atomic mass is 16.7. The van der Waals surface area contributed by atoms with Crippen LogP contribution >= 0.6 is 0 Å². The molecule has 0 unspecified atom stereocenters. The monoisotopic (exact) mass is 198 g/mol. The molecule has 1 aliphatic heterocycles. The largest absolute Gasteiger partial charge is 0.347 e. The Balaban J connectivity index is 2.43. The van der Waals surface area contributed by atoms with Gasteiger partial charge in [-0.25, -0.2) is 0 Å². The van der Waals surface area contributed by atoms with Crippen LogP contribution in [0.15, 0.2) is 11.6 Å². The highest BCUT2D eigenvalue weighted by Crippen LogP contribution is 2.28. The van der Waals surface area contributed by atoms with Gasteiger partial charge in [0.15, 0.2) is 5.79 Å². The number of aldehydes is 1. The second-order valence-corrected chi connectivity index (χ2v) is 3.80. The van der Waals surface area contributed by atoms with Crippen molar-refractivity contribution in [3.05, 3.63) is 11.6 Å². The van der Waals surface area contributed by atoms with Crippen molar-refractivity contribution >= 4 is 6.29 Å². The van der Waals surface area contributed by atoms with Gasteiger partial charge in [0, 0.05) is 6.42 Å². The summed E-state index contributed by atoms with van der Waals surface area (Å²) in [6.45, 7) is 5.32. The van der Waals surface area contributed by atoms with Gasteiger partial charge in [0.1, 0.15) is 6.29 Å². The zero-order valence-electron chi connectivity index (χ0n) is 8.91. The van der Waals surface area contributed by atoms with Gasteiger partial charge in [0.05, 0.1) is 19.6 Å². The van der Waals surface area contributed by atoms with Gasteiger partial charge < -0.3 is 14.3 Å². The van der Waals surface area contributed by atoms with Crippen molar-refractivity contribution in [3.63, 3.8) is 0 Å². The molecule has 0 N–H and O–H groups in total. The van der Waals surface area contributed by atoms with Crippen LogP contribution in [0.3, 0.4) is 0 Å². The molecule has 0 aromatic carbocycles. The summed E-state index contributed by atoms with van der Waals surface area (Å²) in [7, 11) is 0. The number of carbonyl (C=O) groups is 1. The molecule has 0 aromatic heterocycles. The second kappa shape index (κ2) is 5.27. The second-order valence-electron chi connectivity index (χ2n) is 3.80. The third kappa shape index (κ3) is 3.24. The van der Waals surface area contributed by atoms with Crippen molar-refractivity contribution in [1.29, 1.82) is 0 Å². The Hall–Kier alpha value is -0.670. The quantitative estimate of drug-likeness (QED) is 0.501. The van der Waals surface area contributed by atoms with Crippen molar-refractivity contribution in [2.45, 2.75) is 38.9 Å². The molecular formula is C11H18O3. The Labute approximate surface area is 85.1 Å². The molecule has 1 fully saturated rings. The minimum Gasteiger partial charge on any atom is -0.347 e. The lowest BCUT2D eigenvalue weighted by Gasteiger charge is -2.24. The minimum absolute atomic E-state index is 0.337. The van der Waals surface area contributed by atoms with Gasteiger partial charge in [-0.05, 0) is 20.3 Å². The third-order valence-corrected chi connectivity index (χ3v) is 2.29. The molecule has 0 aromatic rings. The predicted octanol–water partition coefficient (Wildman–Crippen LogP) is 2.06. The molecule has 0 aliphatic carbocycles. The molecule has 0 bridgehead atoms. The smallest absolute Gasteiger partial charge is 0.175 e. The summed E-state index contributed by atoms with van der Waals surface area (Å²) in [6, 6.07) is 0. The van der Waals surface area contributed by atoms with Gasteiger partial charge in [0.25, 0.3) is 0 Å². The fourth-order valence-corrected chi connectivity index (χ4v) is 1.57. The maximum Gasteiger partial charge on any atom is 0.175 e. The number of allylic oxidation sites excluding steroid dienone is 2. The number of hydrogen-bond donors (Lipinski definition) is 0. The Morgan fingerprint density at radius 1 is 1.36 bits per heavy atom. The molecule has 1 saturated heterocycles. The van der Waals surface area contributed by atoms with E-state index in [1.165, 1.54) is 5.57 Å². The minimum atomic E-state index is -0.631. The summed E-state index contributed by atoms with van der Waals surface area (Å²) in [6.07, 6.45) is 5.00. The Morgan fingerprint density at radius 2 is 2.00 bits per heavy atom. The van der Waals surface area contributed by atoms with Gasteiger partial charge in [-0.15, -0.1) is 0 Å². The first-order valence-electron chi connectivity index (χ1n) is 5.03. The van der Waals surface area contributed by atoms with Crippen molar-refractivity contribution < 1.29 is 14.3 Å². The molecule has 1 aliphatic rings. The molecule has 3 heteroatoms. The first-order chi connectivity index (χ1) is 6.68. The number of carbonyl (C=O) groups excluding carboxylic acids is 1. The lowest BCUT2D eigenvalue weighted by molar-refractivity contribution is -0.167. The van der Waals surface area contributed by atoms with E-state index in [4.69, 9.17) is 9.47 Å². The van der Waals surface area contributed by atoms with Crippen LogP contribution in [0.2, 0.25) is 0 Å². The number of rotatable bonds is 5. The van der Waals surface area contributed by atoms with Gasteiger partial charge >= 0.3 is 0 Å². The number of ether oxygens (including phenoxy) is 2. The summed E-state index contributed by atoms with van der Waals surface area (Å²) < 4.78 is 11.0. The molecule has 1 heterocycles. The highest BCUT2D eigenvalue weighted by molar-refractivity contribution is 5.51.